The van der Waals surface area contributed by atoms with Crippen LogP contribution in [0.15, 0.2) is 30.3 Å². The molecule has 1 aromatic carbocycles. The van der Waals surface area contributed by atoms with Gasteiger partial charge < -0.3 is 10.4 Å². The van der Waals surface area contributed by atoms with E-state index in [0.29, 0.717) is 17.9 Å². The van der Waals surface area contributed by atoms with Gasteiger partial charge in [-0.15, -0.1) is 0 Å². The van der Waals surface area contributed by atoms with E-state index in [9.17, 15) is 10.4 Å². The van der Waals surface area contributed by atoms with Gasteiger partial charge in [-0.1, -0.05) is 32.0 Å². The molecule has 0 aliphatic rings. The number of fused-ring (bicyclic) bond motifs is 1. The van der Waals surface area contributed by atoms with Crippen LogP contribution >= 0.6 is 0 Å². The summed E-state index contributed by atoms with van der Waals surface area (Å²) in [6.07, 6.45) is 0. The van der Waals surface area contributed by atoms with Gasteiger partial charge in [-0.05, 0) is 12.1 Å². The van der Waals surface area contributed by atoms with Crippen molar-refractivity contribution in [2.24, 2.45) is 5.41 Å². The summed E-state index contributed by atoms with van der Waals surface area (Å²) in [7, 11) is 0. The van der Waals surface area contributed by atoms with Crippen molar-refractivity contribution in [3.05, 3.63) is 35.9 Å². The summed E-state index contributed by atoms with van der Waals surface area (Å²) in [5.41, 5.74) is 1.18. The lowest BCUT2D eigenvalue weighted by Crippen LogP contribution is -2.27. The van der Waals surface area contributed by atoms with E-state index in [1.165, 1.54) is 0 Å². The molecule has 1 heterocycles. The number of benzene rings is 1. The largest absolute Gasteiger partial charge is 0.396 e. The third-order valence-corrected chi connectivity index (χ3v) is 3.01. The van der Waals surface area contributed by atoms with Crippen molar-refractivity contribution >= 4 is 16.7 Å². The molecule has 0 atom stereocenters. The molecule has 0 aliphatic heterocycles. The second-order valence-corrected chi connectivity index (χ2v) is 5.36. The molecule has 0 amide bonds. The van der Waals surface area contributed by atoms with Crippen molar-refractivity contribution in [1.82, 2.24) is 4.98 Å². The molecule has 4 heteroatoms. The lowest BCUT2D eigenvalue weighted by Gasteiger charge is -2.22. The Morgan fingerprint density at radius 1 is 1.37 bits per heavy atom. The van der Waals surface area contributed by atoms with E-state index in [1.807, 2.05) is 38.1 Å². The first-order valence-electron chi connectivity index (χ1n) is 6.20. The van der Waals surface area contributed by atoms with Gasteiger partial charge >= 0.3 is 0 Å². The van der Waals surface area contributed by atoms with Gasteiger partial charge in [0.05, 0.1) is 17.1 Å². The normalized spacial score (nSPS) is 11.3. The number of aliphatic hydroxyl groups is 1. The van der Waals surface area contributed by atoms with E-state index in [2.05, 4.69) is 16.4 Å². The number of rotatable bonds is 4. The van der Waals surface area contributed by atoms with Crippen molar-refractivity contribution in [2.45, 2.75) is 13.8 Å². The van der Waals surface area contributed by atoms with E-state index in [0.717, 1.165) is 10.9 Å². The van der Waals surface area contributed by atoms with Crippen LogP contribution in [0.3, 0.4) is 0 Å². The van der Waals surface area contributed by atoms with E-state index in [4.69, 9.17) is 0 Å². The fourth-order valence-electron chi connectivity index (χ4n) is 1.74. The van der Waals surface area contributed by atoms with Crippen LogP contribution in [0.1, 0.15) is 19.4 Å². The Kier molecular flexibility index (Phi) is 3.68. The first kappa shape index (κ1) is 13.3. The minimum absolute atomic E-state index is 0.0959. The molecule has 0 aliphatic carbocycles. The number of nitrogens with one attached hydrogen (secondary N) is 1. The highest BCUT2D eigenvalue weighted by Gasteiger charge is 2.16. The quantitative estimate of drug-likeness (QED) is 0.880. The molecule has 0 bridgehead atoms. The minimum atomic E-state index is -0.222. The number of pyridine rings is 1. The first-order valence-corrected chi connectivity index (χ1v) is 6.20. The van der Waals surface area contributed by atoms with E-state index in [-0.39, 0.29) is 12.0 Å². The molecule has 0 radical (unpaired) electrons. The summed E-state index contributed by atoms with van der Waals surface area (Å²) in [6, 6.07) is 11.5. The number of hydrogen-bond acceptors (Lipinski definition) is 4. The second-order valence-electron chi connectivity index (χ2n) is 5.36. The third kappa shape index (κ3) is 3.01. The van der Waals surface area contributed by atoms with Crippen molar-refractivity contribution in [2.75, 3.05) is 18.5 Å². The van der Waals surface area contributed by atoms with Crippen LogP contribution in [0.25, 0.3) is 10.9 Å². The summed E-state index contributed by atoms with van der Waals surface area (Å²) >= 11 is 0. The molecule has 19 heavy (non-hydrogen) atoms. The van der Waals surface area contributed by atoms with Crippen LogP contribution in [0.4, 0.5) is 5.82 Å². The van der Waals surface area contributed by atoms with E-state index >= 15 is 0 Å². The average Bonchev–Trinajstić information content (AvgIpc) is 2.44. The monoisotopic (exact) mass is 255 g/mol. The molecular weight excluding hydrogens is 238 g/mol. The molecule has 2 aromatic rings. The number of anilines is 1. The van der Waals surface area contributed by atoms with Crippen LogP contribution in [-0.2, 0) is 0 Å². The Bertz CT molecular complexity index is 629. The molecule has 2 N–H and O–H groups in total. The van der Waals surface area contributed by atoms with Crippen LogP contribution < -0.4 is 5.32 Å². The number of nitrogens with zero attached hydrogens (tertiary/aromatic N) is 2. The summed E-state index contributed by atoms with van der Waals surface area (Å²) < 4.78 is 0. The Hall–Kier alpha value is -2.12. The summed E-state index contributed by atoms with van der Waals surface area (Å²) in [4.78, 5) is 4.48. The SMILES string of the molecule is CC(C)(CO)CNc1cc(C#N)c2ccccc2n1. The van der Waals surface area contributed by atoms with Crippen molar-refractivity contribution < 1.29 is 5.11 Å². The third-order valence-electron chi connectivity index (χ3n) is 3.01. The minimum Gasteiger partial charge on any atom is -0.396 e. The van der Waals surface area contributed by atoms with Gasteiger partial charge in [0.2, 0.25) is 0 Å². The highest BCUT2D eigenvalue weighted by Crippen LogP contribution is 2.21. The van der Waals surface area contributed by atoms with E-state index < -0.39 is 0 Å². The number of para-hydroxylation sites is 1. The van der Waals surface area contributed by atoms with E-state index in [1.54, 1.807) is 6.07 Å². The molecule has 1 aromatic heterocycles. The number of hydrogen-bond donors (Lipinski definition) is 2. The maximum Gasteiger partial charge on any atom is 0.128 e. The van der Waals surface area contributed by atoms with Gasteiger partial charge in [-0.3, -0.25) is 0 Å². The average molecular weight is 255 g/mol. The Balaban J connectivity index is 2.33. The zero-order valence-electron chi connectivity index (χ0n) is 11.1. The van der Waals surface area contributed by atoms with Crippen molar-refractivity contribution in [1.29, 1.82) is 5.26 Å². The highest BCUT2D eigenvalue weighted by atomic mass is 16.3. The highest BCUT2D eigenvalue weighted by molar-refractivity contribution is 5.86. The van der Waals surface area contributed by atoms with Gasteiger partial charge in [0.25, 0.3) is 0 Å². The molecule has 0 unspecified atom stereocenters. The zero-order valence-corrected chi connectivity index (χ0v) is 11.1. The molecule has 98 valence electrons. The molecule has 0 fully saturated rings. The predicted octanol–water partition coefficient (Wildman–Crippen LogP) is 2.54. The van der Waals surface area contributed by atoms with Crippen molar-refractivity contribution in [3.8, 4) is 6.07 Å². The number of aliphatic hydroxyl groups excluding tert-OH is 1. The number of nitriles is 1. The standard InChI is InChI=1S/C15H17N3O/c1-15(2,10-19)9-17-14-7-11(8-16)12-5-3-4-6-13(12)18-14/h3-7,19H,9-10H2,1-2H3,(H,17,18). The van der Waals surface area contributed by atoms with Crippen LogP contribution in [0, 0.1) is 16.7 Å². The molecular formula is C15H17N3O. The summed E-state index contributed by atoms with van der Waals surface area (Å²) in [6.45, 7) is 4.62. The van der Waals surface area contributed by atoms with Crippen LogP contribution in [0.5, 0.6) is 0 Å². The van der Waals surface area contributed by atoms with Gasteiger partial charge in [0, 0.05) is 24.0 Å². The van der Waals surface area contributed by atoms with Gasteiger partial charge in [0.1, 0.15) is 5.82 Å². The fraction of sp³-hybridized carbons (Fsp3) is 0.333. The molecule has 0 saturated heterocycles. The molecule has 0 saturated carbocycles. The molecule has 0 spiro atoms. The lowest BCUT2D eigenvalue weighted by molar-refractivity contribution is 0.170. The Labute approximate surface area is 112 Å². The Morgan fingerprint density at radius 2 is 2.11 bits per heavy atom. The maximum atomic E-state index is 9.23. The van der Waals surface area contributed by atoms with Crippen LogP contribution in [-0.4, -0.2) is 23.2 Å². The summed E-state index contributed by atoms with van der Waals surface area (Å²) in [5.74, 6) is 0.664. The Morgan fingerprint density at radius 3 is 2.79 bits per heavy atom. The lowest BCUT2D eigenvalue weighted by atomic mass is 9.95. The van der Waals surface area contributed by atoms with Crippen molar-refractivity contribution in [3.63, 3.8) is 0 Å². The number of aromatic nitrogens is 1. The topological polar surface area (TPSA) is 68.9 Å². The second kappa shape index (κ2) is 5.25. The fourth-order valence-corrected chi connectivity index (χ4v) is 1.74. The zero-order chi connectivity index (χ0) is 13.9. The van der Waals surface area contributed by atoms with Gasteiger partial charge in [-0.25, -0.2) is 4.98 Å². The predicted molar refractivity (Wildman–Crippen MR) is 75.8 cm³/mol. The molecule has 4 nitrogen and oxygen atoms in total. The first-order chi connectivity index (χ1) is 9.05. The smallest absolute Gasteiger partial charge is 0.128 e. The van der Waals surface area contributed by atoms with Gasteiger partial charge in [-0.2, -0.15) is 5.26 Å². The maximum absolute atomic E-state index is 9.23. The molecule has 2 rings (SSSR count). The van der Waals surface area contributed by atoms with Crippen LogP contribution in [0.2, 0.25) is 0 Å². The summed E-state index contributed by atoms with van der Waals surface area (Å²) in [5, 5.41) is 22.5. The van der Waals surface area contributed by atoms with Gasteiger partial charge in [0.15, 0.2) is 0 Å².